The van der Waals surface area contributed by atoms with Gasteiger partial charge in [-0.2, -0.15) is 0 Å². The average molecular weight is 290 g/mol. The summed E-state index contributed by atoms with van der Waals surface area (Å²) in [4.78, 5) is 23.2. The van der Waals surface area contributed by atoms with Crippen molar-refractivity contribution in [2.45, 2.75) is 45.2 Å². The first-order valence-corrected chi connectivity index (χ1v) is 7.37. The standard InChI is InChI=1S/C16H22N2O3/c1-3-10(2)14(15(19)20)18-16(21)17-13-8-11-6-4-5-7-12(11)9-13/h4-7,10,13-14H,3,8-9H2,1-2H3,(H,19,20)(H2,17,18,21)/t10-,14-/m0/s1. The van der Waals surface area contributed by atoms with E-state index < -0.39 is 18.0 Å². The molecule has 2 rings (SSSR count). The van der Waals surface area contributed by atoms with Crippen LogP contribution in [-0.4, -0.2) is 29.2 Å². The van der Waals surface area contributed by atoms with Crippen molar-refractivity contribution in [3.63, 3.8) is 0 Å². The topological polar surface area (TPSA) is 78.4 Å². The molecule has 114 valence electrons. The summed E-state index contributed by atoms with van der Waals surface area (Å²) in [6.07, 6.45) is 2.29. The summed E-state index contributed by atoms with van der Waals surface area (Å²) in [5.74, 6) is -1.09. The highest BCUT2D eigenvalue weighted by Gasteiger charge is 2.27. The van der Waals surface area contributed by atoms with Crippen LogP contribution < -0.4 is 10.6 Å². The fourth-order valence-electron chi connectivity index (χ4n) is 2.71. The van der Waals surface area contributed by atoms with Crippen molar-refractivity contribution in [1.82, 2.24) is 10.6 Å². The van der Waals surface area contributed by atoms with E-state index in [0.29, 0.717) is 6.42 Å². The molecule has 1 aliphatic carbocycles. The highest BCUT2D eigenvalue weighted by Crippen LogP contribution is 2.21. The molecule has 5 heteroatoms. The first kappa shape index (κ1) is 15.4. The second kappa shape index (κ2) is 6.61. The minimum atomic E-state index is -0.991. The summed E-state index contributed by atoms with van der Waals surface area (Å²) >= 11 is 0. The quantitative estimate of drug-likeness (QED) is 0.775. The van der Waals surface area contributed by atoms with Gasteiger partial charge in [-0.1, -0.05) is 44.5 Å². The van der Waals surface area contributed by atoms with Gasteiger partial charge in [0.05, 0.1) is 0 Å². The van der Waals surface area contributed by atoms with Crippen LogP contribution in [0.1, 0.15) is 31.4 Å². The molecule has 1 aliphatic rings. The van der Waals surface area contributed by atoms with Crippen molar-refractivity contribution in [3.05, 3.63) is 35.4 Å². The van der Waals surface area contributed by atoms with Gasteiger partial charge in [0, 0.05) is 6.04 Å². The van der Waals surface area contributed by atoms with Crippen LogP contribution in [-0.2, 0) is 17.6 Å². The third-order valence-electron chi connectivity index (χ3n) is 4.15. The van der Waals surface area contributed by atoms with Gasteiger partial charge in [0.25, 0.3) is 0 Å². The van der Waals surface area contributed by atoms with Gasteiger partial charge in [-0.25, -0.2) is 9.59 Å². The van der Waals surface area contributed by atoms with Crippen LogP contribution in [0.4, 0.5) is 4.79 Å². The van der Waals surface area contributed by atoms with Crippen molar-refractivity contribution in [2.75, 3.05) is 0 Å². The van der Waals surface area contributed by atoms with Gasteiger partial charge in [0.1, 0.15) is 6.04 Å². The molecule has 0 unspecified atom stereocenters. The summed E-state index contributed by atoms with van der Waals surface area (Å²) in [6, 6.07) is 6.89. The van der Waals surface area contributed by atoms with Crippen molar-refractivity contribution in [1.29, 1.82) is 0 Å². The van der Waals surface area contributed by atoms with Crippen LogP contribution in [0.3, 0.4) is 0 Å². The van der Waals surface area contributed by atoms with Gasteiger partial charge >= 0.3 is 12.0 Å². The number of hydrogen-bond acceptors (Lipinski definition) is 2. The second-order valence-corrected chi connectivity index (χ2v) is 5.69. The highest BCUT2D eigenvalue weighted by molar-refractivity contribution is 5.83. The molecule has 2 atom stereocenters. The number of carboxylic acids is 1. The van der Waals surface area contributed by atoms with Crippen molar-refractivity contribution < 1.29 is 14.7 Å². The van der Waals surface area contributed by atoms with Crippen LogP contribution in [0.2, 0.25) is 0 Å². The van der Waals surface area contributed by atoms with E-state index in [9.17, 15) is 14.7 Å². The van der Waals surface area contributed by atoms with E-state index in [-0.39, 0.29) is 12.0 Å². The number of amides is 2. The smallest absolute Gasteiger partial charge is 0.326 e. The minimum absolute atomic E-state index is 0.0359. The lowest BCUT2D eigenvalue weighted by Crippen LogP contribution is -2.51. The molecule has 0 saturated carbocycles. The maximum atomic E-state index is 12.0. The van der Waals surface area contributed by atoms with Gasteiger partial charge in [-0.3, -0.25) is 0 Å². The number of hydrogen-bond donors (Lipinski definition) is 3. The van der Waals surface area contributed by atoms with Crippen molar-refractivity contribution in [2.24, 2.45) is 5.92 Å². The Kier molecular flexibility index (Phi) is 4.83. The molecular weight excluding hydrogens is 268 g/mol. The number of fused-ring (bicyclic) bond motifs is 1. The van der Waals surface area contributed by atoms with Gasteiger partial charge in [-0.15, -0.1) is 0 Å². The van der Waals surface area contributed by atoms with Crippen LogP contribution in [0.15, 0.2) is 24.3 Å². The van der Waals surface area contributed by atoms with Gasteiger partial charge in [-0.05, 0) is 29.9 Å². The summed E-state index contributed by atoms with van der Waals surface area (Å²) in [6.45, 7) is 3.73. The lowest BCUT2D eigenvalue weighted by molar-refractivity contribution is -0.140. The van der Waals surface area contributed by atoms with E-state index in [0.717, 1.165) is 12.8 Å². The van der Waals surface area contributed by atoms with E-state index in [4.69, 9.17) is 0 Å². The normalized spacial score (nSPS) is 16.9. The molecule has 0 heterocycles. The average Bonchev–Trinajstić information content (AvgIpc) is 2.85. The fourth-order valence-corrected chi connectivity index (χ4v) is 2.71. The van der Waals surface area contributed by atoms with Gasteiger partial charge in [0.2, 0.25) is 0 Å². The van der Waals surface area contributed by atoms with Crippen LogP contribution >= 0.6 is 0 Å². The molecule has 0 radical (unpaired) electrons. The molecule has 5 nitrogen and oxygen atoms in total. The highest BCUT2D eigenvalue weighted by atomic mass is 16.4. The zero-order valence-electron chi connectivity index (χ0n) is 12.4. The Morgan fingerprint density at radius 1 is 1.29 bits per heavy atom. The van der Waals surface area contributed by atoms with Crippen LogP contribution in [0, 0.1) is 5.92 Å². The van der Waals surface area contributed by atoms with E-state index in [1.807, 2.05) is 26.0 Å². The van der Waals surface area contributed by atoms with Crippen molar-refractivity contribution in [3.8, 4) is 0 Å². The van der Waals surface area contributed by atoms with Gasteiger partial charge < -0.3 is 15.7 Å². The number of aliphatic carboxylic acids is 1. The molecular formula is C16H22N2O3. The minimum Gasteiger partial charge on any atom is -0.480 e. The molecule has 2 amide bonds. The number of carbonyl (C=O) groups is 2. The SMILES string of the molecule is CC[C@H](C)[C@H](NC(=O)NC1Cc2ccccc2C1)C(=O)O. The summed E-state index contributed by atoms with van der Waals surface area (Å²) in [7, 11) is 0. The predicted octanol–water partition coefficient (Wildman–Crippen LogP) is 1.95. The molecule has 3 N–H and O–H groups in total. The molecule has 0 saturated heterocycles. The number of rotatable bonds is 5. The maximum Gasteiger partial charge on any atom is 0.326 e. The third kappa shape index (κ3) is 3.74. The molecule has 0 fully saturated rings. The number of carbonyl (C=O) groups excluding carboxylic acids is 1. The molecule has 1 aromatic carbocycles. The summed E-state index contributed by atoms with van der Waals surface area (Å²) in [5.41, 5.74) is 2.50. The Labute approximate surface area is 124 Å². The Morgan fingerprint density at radius 3 is 2.33 bits per heavy atom. The molecule has 0 bridgehead atoms. The molecule has 0 aromatic heterocycles. The van der Waals surface area contributed by atoms with Crippen molar-refractivity contribution >= 4 is 12.0 Å². The molecule has 21 heavy (non-hydrogen) atoms. The summed E-state index contributed by atoms with van der Waals surface area (Å²) < 4.78 is 0. The Hall–Kier alpha value is -2.04. The van der Waals surface area contributed by atoms with E-state index in [2.05, 4.69) is 22.8 Å². The molecule has 1 aromatic rings. The molecule has 0 aliphatic heterocycles. The Morgan fingerprint density at radius 2 is 1.86 bits per heavy atom. The number of benzene rings is 1. The van der Waals surface area contributed by atoms with Crippen LogP contribution in [0.5, 0.6) is 0 Å². The first-order chi connectivity index (χ1) is 10.0. The fraction of sp³-hybridized carbons (Fsp3) is 0.500. The lowest BCUT2D eigenvalue weighted by Gasteiger charge is -2.21. The lowest BCUT2D eigenvalue weighted by atomic mass is 9.99. The molecule has 0 spiro atoms. The monoisotopic (exact) mass is 290 g/mol. The maximum absolute atomic E-state index is 12.0. The number of carboxylic acid groups (broad SMARTS) is 1. The largest absolute Gasteiger partial charge is 0.480 e. The summed E-state index contributed by atoms with van der Waals surface area (Å²) in [5, 5.41) is 14.6. The Balaban J connectivity index is 1.90. The van der Waals surface area contributed by atoms with E-state index in [1.54, 1.807) is 0 Å². The van der Waals surface area contributed by atoms with Crippen LogP contribution in [0.25, 0.3) is 0 Å². The van der Waals surface area contributed by atoms with Gasteiger partial charge in [0.15, 0.2) is 0 Å². The number of nitrogens with one attached hydrogen (secondary N) is 2. The zero-order valence-corrected chi connectivity index (χ0v) is 12.4. The number of urea groups is 1. The first-order valence-electron chi connectivity index (χ1n) is 7.37. The van der Waals surface area contributed by atoms with E-state index >= 15 is 0 Å². The Bertz CT molecular complexity index is 505. The zero-order chi connectivity index (χ0) is 15.4. The third-order valence-corrected chi connectivity index (χ3v) is 4.15. The van der Waals surface area contributed by atoms with E-state index in [1.165, 1.54) is 11.1 Å². The predicted molar refractivity (Wildman–Crippen MR) is 80.2 cm³/mol. The second-order valence-electron chi connectivity index (χ2n) is 5.69.